The maximum Gasteiger partial charge on any atom is 0.254 e. The monoisotopic (exact) mass is 328 g/mol. The standard InChI is InChI=1S/C13H17BrN2O3/c1-3-15-12(18)8-16(4-2)13(19)9-5-6-10(14)11(17)7-9/h5-7,17H,3-4,8H2,1-2H3,(H,15,18). The SMILES string of the molecule is CCNC(=O)CN(CC)C(=O)c1ccc(Br)c(O)c1. The molecule has 2 N–H and O–H groups in total. The van der Waals surface area contributed by atoms with Crippen LogP contribution in [-0.4, -0.2) is 41.5 Å². The summed E-state index contributed by atoms with van der Waals surface area (Å²) in [4.78, 5) is 25.1. The molecule has 0 aromatic heterocycles. The minimum Gasteiger partial charge on any atom is -0.507 e. The number of halogens is 1. The molecule has 0 aliphatic heterocycles. The molecule has 0 aliphatic rings. The summed E-state index contributed by atoms with van der Waals surface area (Å²) in [6, 6.07) is 4.59. The Morgan fingerprint density at radius 1 is 1.37 bits per heavy atom. The van der Waals surface area contributed by atoms with E-state index in [2.05, 4.69) is 21.2 Å². The van der Waals surface area contributed by atoms with Crippen LogP contribution in [0.5, 0.6) is 5.75 Å². The summed E-state index contributed by atoms with van der Waals surface area (Å²) in [5, 5.41) is 12.2. The lowest BCUT2D eigenvalue weighted by molar-refractivity contribution is -0.121. The molecule has 0 aliphatic carbocycles. The fourth-order valence-electron chi connectivity index (χ4n) is 1.58. The van der Waals surface area contributed by atoms with Crippen LogP contribution in [0, 0.1) is 0 Å². The predicted molar refractivity (Wildman–Crippen MR) is 76.1 cm³/mol. The van der Waals surface area contributed by atoms with Crippen molar-refractivity contribution in [3.63, 3.8) is 0 Å². The molecule has 5 nitrogen and oxygen atoms in total. The van der Waals surface area contributed by atoms with Gasteiger partial charge in [0, 0.05) is 18.7 Å². The van der Waals surface area contributed by atoms with Gasteiger partial charge in [0.2, 0.25) is 5.91 Å². The van der Waals surface area contributed by atoms with Crippen molar-refractivity contribution in [3.05, 3.63) is 28.2 Å². The molecule has 0 heterocycles. The van der Waals surface area contributed by atoms with Gasteiger partial charge in [0.05, 0.1) is 11.0 Å². The van der Waals surface area contributed by atoms with Crippen LogP contribution in [0.1, 0.15) is 24.2 Å². The molecule has 0 atom stereocenters. The Morgan fingerprint density at radius 3 is 2.58 bits per heavy atom. The Bertz CT molecular complexity index is 477. The van der Waals surface area contributed by atoms with Crippen LogP contribution in [0.2, 0.25) is 0 Å². The number of nitrogens with one attached hydrogen (secondary N) is 1. The van der Waals surface area contributed by atoms with E-state index < -0.39 is 0 Å². The van der Waals surface area contributed by atoms with E-state index in [0.717, 1.165) is 0 Å². The fraction of sp³-hybridized carbons (Fsp3) is 0.385. The largest absolute Gasteiger partial charge is 0.507 e. The molecule has 0 fully saturated rings. The van der Waals surface area contributed by atoms with Crippen LogP contribution < -0.4 is 5.32 Å². The molecule has 0 saturated carbocycles. The topological polar surface area (TPSA) is 69.6 Å². The minimum atomic E-state index is -0.281. The molecule has 2 amide bonds. The first kappa shape index (κ1) is 15.5. The van der Waals surface area contributed by atoms with Crippen LogP contribution in [0.15, 0.2) is 22.7 Å². The van der Waals surface area contributed by atoms with Gasteiger partial charge in [0.15, 0.2) is 0 Å². The molecule has 1 rings (SSSR count). The van der Waals surface area contributed by atoms with Crippen LogP contribution in [0.3, 0.4) is 0 Å². The third kappa shape index (κ3) is 4.24. The maximum atomic E-state index is 12.2. The van der Waals surface area contributed by atoms with Gasteiger partial charge in [-0.15, -0.1) is 0 Å². The smallest absolute Gasteiger partial charge is 0.254 e. The number of nitrogens with zero attached hydrogens (tertiary/aromatic N) is 1. The van der Waals surface area contributed by atoms with Gasteiger partial charge in [0.1, 0.15) is 5.75 Å². The summed E-state index contributed by atoms with van der Waals surface area (Å²) in [7, 11) is 0. The second-order valence-corrected chi connectivity index (χ2v) is 4.79. The molecular formula is C13H17BrN2O3. The van der Waals surface area contributed by atoms with Crippen molar-refractivity contribution in [2.75, 3.05) is 19.6 Å². The van der Waals surface area contributed by atoms with E-state index in [9.17, 15) is 14.7 Å². The van der Waals surface area contributed by atoms with Crippen molar-refractivity contribution >= 4 is 27.7 Å². The van der Waals surface area contributed by atoms with Crippen LogP contribution in [0.4, 0.5) is 0 Å². The Morgan fingerprint density at radius 2 is 2.05 bits per heavy atom. The van der Waals surface area contributed by atoms with E-state index in [0.29, 0.717) is 23.1 Å². The quantitative estimate of drug-likeness (QED) is 0.865. The molecule has 6 heteroatoms. The lowest BCUT2D eigenvalue weighted by Crippen LogP contribution is -2.40. The summed E-state index contributed by atoms with van der Waals surface area (Å²) >= 11 is 3.15. The highest BCUT2D eigenvalue weighted by Gasteiger charge is 2.17. The normalized spacial score (nSPS) is 10.1. The van der Waals surface area contributed by atoms with Crippen LogP contribution in [-0.2, 0) is 4.79 Å². The lowest BCUT2D eigenvalue weighted by atomic mass is 10.2. The first-order valence-electron chi connectivity index (χ1n) is 6.04. The average Bonchev–Trinajstić information content (AvgIpc) is 2.38. The zero-order valence-corrected chi connectivity index (χ0v) is 12.5. The first-order valence-corrected chi connectivity index (χ1v) is 6.83. The highest BCUT2D eigenvalue weighted by atomic mass is 79.9. The number of rotatable bonds is 5. The number of hydrogen-bond donors (Lipinski definition) is 2. The zero-order valence-electron chi connectivity index (χ0n) is 10.9. The molecule has 0 bridgehead atoms. The highest BCUT2D eigenvalue weighted by Crippen LogP contribution is 2.24. The number of phenols is 1. The van der Waals surface area contributed by atoms with Gasteiger partial charge < -0.3 is 15.3 Å². The van der Waals surface area contributed by atoms with E-state index in [-0.39, 0.29) is 24.1 Å². The maximum absolute atomic E-state index is 12.2. The van der Waals surface area contributed by atoms with Crippen LogP contribution >= 0.6 is 15.9 Å². The summed E-state index contributed by atoms with van der Waals surface area (Å²) in [6.07, 6.45) is 0. The van der Waals surface area contributed by atoms with Crippen molar-refractivity contribution in [1.29, 1.82) is 0 Å². The number of phenolic OH excluding ortho intramolecular Hbond substituents is 1. The summed E-state index contributed by atoms with van der Waals surface area (Å²) in [5.41, 5.74) is 0.354. The number of carbonyl (C=O) groups excluding carboxylic acids is 2. The number of likely N-dealkylation sites (N-methyl/N-ethyl adjacent to an activating group) is 2. The Kier molecular flexibility index (Phi) is 5.82. The van der Waals surface area contributed by atoms with E-state index in [4.69, 9.17) is 0 Å². The predicted octanol–water partition coefficient (Wildman–Crippen LogP) is 1.75. The van der Waals surface area contributed by atoms with Gasteiger partial charge in [-0.05, 0) is 48.0 Å². The zero-order chi connectivity index (χ0) is 14.4. The second kappa shape index (κ2) is 7.13. The number of carbonyl (C=O) groups is 2. The summed E-state index contributed by atoms with van der Waals surface area (Å²) in [5.74, 6) is -0.476. The summed E-state index contributed by atoms with van der Waals surface area (Å²) in [6.45, 7) is 4.59. The van der Waals surface area contributed by atoms with Crippen LogP contribution in [0.25, 0.3) is 0 Å². The second-order valence-electron chi connectivity index (χ2n) is 3.94. The average molecular weight is 329 g/mol. The fourth-order valence-corrected chi connectivity index (χ4v) is 1.83. The van der Waals surface area contributed by atoms with E-state index in [1.54, 1.807) is 19.1 Å². The van der Waals surface area contributed by atoms with E-state index >= 15 is 0 Å². The van der Waals surface area contributed by atoms with E-state index in [1.807, 2.05) is 6.92 Å². The first-order chi connectivity index (χ1) is 8.99. The molecule has 0 radical (unpaired) electrons. The Labute approximate surface area is 120 Å². The molecule has 0 unspecified atom stereocenters. The number of hydrogen-bond acceptors (Lipinski definition) is 3. The molecule has 104 valence electrons. The van der Waals surface area contributed by atoms with Crippen molar-refractivity contribution in [3.8, 4) is 5.75 Å². The number of benzene rings is 1. The van der Waals surface area contributed by atoms with Gasteiger partial charge in [-0.2, -0.15) is 0 Å². The van der Waals surface area contributed by atoms with Gasteiger partial charge >= 0.3 is 0 Å². The Balaban J connectivity index is 2.83. The highest BCUT2D eigenvalue weighted by molar-refractivity contribution is 9.10. The van der Waals surface area contributed by atoms with Gasteiger partial charge in [-0.25, -0.2) is 0 Å². The van der Waals surface area contributed by atoms with Crippen molar-refractivity contribution in [2.24, 2.45) is 0 Å². The van der Waals surface area contributed by atoms with Gasteiger partial charge in [-0.1, -0.05) is 0 Å². The van der Waals surface area contributed by atoms with Gasteiger partial charge in [-0.3, -0.25) is 9.59 Å². The molecule has 1 aromatic carbocycles. The van der Waals surface area contributed by atoms with Crippen molar-refractivity contribution in [2.45, 2.75) is 13.8 Å². The molecule has 1 aromatic rings. The molecule has 0 spiro atoms. The van der Waals surface area contributed by atoms with Crippen molar-refractivity contribution in [1.82, 2.24) is 10.2 Å². The molecule has 0 saturated heterocycles. The third-order valence-corrected chi connectivity index (χ3v) is 3.24. The molecule has 19 heavy (non-hydrogen) atoms. The molecular weight excluding hydrogens is 312 g/mol. The number of aromatic hydroxyl groups is 1. The van der Waals surface area contributed by atoms with E-state index in [1.165, 1.54) is 11.0 Å². The third-order valence-electron chi connectivity index (χ3n) is 2.57. The van der Waals surface area contributed by atoms with Gasteiger partial charge in [0.25, 0.3) is 5.91 Å². The summed E-state index contributed by atoms with van der Waals surface area (Å²) < 4.78 is 0.524. The number of amides is 2. The minimum absolute atomic E-state index is 0.0000808. The lowest BCUT2D eigenvalue weighted by Gasteiger charge is -2.20. The van der Waals surface area contributed by atoms with Crippen molar-refractivity contribution < 1.29 is 14.7 Å². The Hall–Kier alpha value is -1.56.